The summed E-state index contributed by atoms with van der Waals surface area (Å²) >= 11 is 0. The summed E-state index contributed by atoms with van der Waals surface area (Å²) in [5.41, 5.74) is 1.62. The van der Waals surface area contributed by atoms with E-state index in [0.717, 1.165) is 5.56 Å². The number of nitriles is 1. The zero-order chi connectivity index (χ0) is 25.4. The van der Waals surface area contributed by atoms with Gasteiger partial charge in [-0.1, -0.05) is 35.9 Å². The normalized spacial score (nSPS) is 11.3. The van der Waals surface area contributed by atoms with Gasteiger partial charge in [0.1, 0.15) is 22.3 Å². The van der Waals surface area contributed by atoms with Crippen LogP contribution in [-0.4, -0.2) is 28.0 Å². The Balaban J connectivity index is 1.84. The van der Waals surface area contributed by atoms with E-state index in [9.17, 15) is 18.5 Å². The molecule has 3 aromatic carbocycles. The zero-order valence-corrected chi connectivity index (χ0v) is 20.3. The van der Waals surface area contributed by atoms with Gasteiger partial charge < -0.3 is 19.0 Å². The Hall–Kier alpha value is -4.29. The maximum Gasteiger partial charge on any atom is 0.339 e. The largest absolute Gasteiger partial charge is 0.493 e. The highest BCUT2D eigenvalue weighted by atomic mass is 32.2. The molecule has 0 aromatic heterocycles. The van der Waals surface area contributed by atoms with Crippen molar-refractivity contribution >= 4 is 27.8 Å². The first kappa shape index (κ1) is 25.3. The van der Waals surface area contributed by atoms with E-state index in [1.807, 2.05) is 19.9 Å². The average molecular weight is 493 g/mol. The fourth-order valence-electron chi connectivity index (χ4n) is 3.07. The summed E-state index contributed by atoms with van der Waals surface area (Å²) in [6.45, 7) is 4.09. The molecule has 0 aliphatic heterocycles. The van der Waals surface area contributed by atoms with Gasteiger partial charge in [-0.3, -0.25) is 4.79 Å². The van der Waals surface area contributed by atoms with Crippen molar-refractivity contribution in [1.82, 2.24) is 0 Å². The average Bonchev–Trinajstić information content (AvgIpc) is 2.84. The van der Waals surface area contributed by atoms with Crippen molar-refractivity contribution in [2.75, 3.05) is 19.0 Å². The van der Waals surface area contributed by atoms with Crippen LogP contribution in [0.15, 0.2) is 77.2 Å². The molecule has 3 aromatic rings. The second-order valence-electron chi connectivity index (χ2n) is 7.31. The third kappa shape index (κ3) is 6.40. The van der Waals surface area contributed by atoms with Crippen molar-refractivity contribution < 1.29 is 26.9 Å². The topological polar surface area (TPSA) is 115 Å². The van der Waals surface area contributed by atoms with Crippen molar-refractivity contribution in [2.45, 2.75) is 18.7 Å². The summed E-state index contributed by atoms with van der Waals surface area (Å²) in [5, 5.41) is 12.2. The summed E-state index contributed by atoms with van der Waals surface area (Å²) < 4.78 is 41.3. The van der Waals surface area contributed by atoms with Gasteiger partial charge in [0, 0.05) is 0 Å². The van der Waals surface area contributed by atoms with Crippen molar-refractivity contribution in [3.8, 4) is 23.3 Å². The van der Waals surface area contributed by atoms with Gasteiger partial charge in [0.05, 0.1) is 19.4 Å². The van der Waals surface area contributed by atoms with Crippen molar-refractivity contribution in [2.24, 2.45) is 0 Å². The molecule has 3 rings (SSSR count). The number of methoxy groups -OCH3 is 1. The van der Waals surface area contributed by atoms with Crippen molar-refractivity contribution in [3.63, 3.8) is 0 Å². The summed E-state index contributed by atoms with van der Waals surface area (Å²) in [5.74, 6) is -0.0489. The molecular weight excluding hydrogens is 468 g/mol. The number of nitrogens with zero attached hydrogens (tertiary/aromatic N) is 1. The van der Waals surface area contributed by atoms with Gasteiger partial charge in [-0.05, 0) is 61.9 Å². The number of ether oxygens (including phenoxy) is 2. The van der Waals surface area contributed by atoms with Gasteiger partial charge in [-0.25, -0.2) is 0 Å². The van der Waals surface area contributed by atoms with Crippen LogP contribution in [0.1, 0.15) is 18.1 Å². The minimum Gasteiger partial charge on any atom is -0.493 e. The molecule has 0 unspecified atom stereocenters. The van der Waals surface area contributed by atoms with E-state index >= 15 is 0 Å². The fraction of sp³-hybridized carbons (Fsp3) is 0.154. The van der Waals surface area contributed by atoms with E-state index in [1.165, 1.54) is 43.5 Å². The number of hydrogen-bond acceptors (Lipinski definition) is 7. The van der Waals surface area contributed by atoms with E-state index in [1.54, 1.807) is 36.4 Å². The smallest absolute Gasteiger partial charge is 0.339 e. The van der Waals surface area contributed by atoms with E-state index in [2.05, 4.69) is 5.32 Å². The molecule has 1 N–H and O–H groups in total. The molecule has 180 valence electrons. The van der Waals surface area contributed by atoms with Crippen LogP contribution < -0.4 is 19.0 Å². The summed E-state index contributed by atoms with van der Waals surface area (Å²) in [6, 6.07) is 19.4. The second kappa shape index (κ2) is 11.2. The standard InChI is InChI=1S/C26H24N2O6S/c1-4-33-23-8-6-5-7-22(23)28-26(29)20(17-27)15-19-11-14-24(25(16-19)32-3)34-35(30,31)21-12-9-18(2)10-13-21/h5-16H,4H2,1-3H3,(H,28,29)/b20-15+. The number of hydrogen-bond donors (Lipinski definition) is 1. The van der Waals surface area contributed by atoms with Gasteiger partial charge in [0.25, 0.3) is 5.91 Å². The highest BCUT2D eigenvalue weighted by Crippen LogP contribution is 2.32. The number of carbonyl (C=O) groups is 1. The summed E-state index contributed by atoms with van der Waals surface area (Å²) in [6.07, 6.45) is 1.36. The molecule has 1 amide bonds. The molecule has 8 nitrogen and oxygen atoms in total. The number of aryl methyl sites for hydroxylation is 1. The number of para-hydroxylation sites is 2. The predicted molar refractivity (Wildman–Crippen MR) is 132 cm³/mol. The van der Waals surface area contributed by atoms with E-state index in [0.29, 0.717) is 23.6 Å². The number of rotatable bonds is 9. The quantitative estimate of drug-likeness (QED) is 0.261. The number of amides is 1. The third-order valence-electron chi connectivity index (χ3n) is 4.81. The lowest BCUT2D eigenvalue weighted by molar-refractivity contribution is -0.112. The van der Waals surface area contributed by atoms with Gasteiger partial charge in [-0.15, -0.1) is 0 Å². The van der Waals surface area contributed by atoms with Crippen LogP contribution in [0.2, 0.25) is 0 Å². The Morgan fingerprint density at radius 1 is 1.03 bits per heavy atom. The maximum absolute atomic E-state index is 12.7. The molecule has 0 radical (unpaired) electrons. The van der Waals surface area contributed by atoms with Crippen LogP contribution >= 0.6 is 0 Å². The zero-order valence-electron chi connectivity index (χ0n) is 19.4. The highest BCUT2D eigenvalue weighted by molar-refractivity contribution is 7.87. The van der Waals surface area contributed by atoms with Gasteiger partial charge in [-0.2, -0.15) is 13.7 Å². The molecule has 0 atom stereocenters. The summed E-state index contributed by atoms with van der Waals surface area (Å²) in [4.78, 5) is 12.7. The van der Waals surface area contributed by atoms with Crippen molar-refractivity contribution in [3.05, 3.63) is 83.4 Å². The molecule has 0 heterocycles. The Morgan fingerprint density at radius 2 is 1.74 bits per heavy atom. The molecule has 0 aliphatic rings. The maximum atomic E-state index is 12.7. The number of carbonyl (C=O) groups excluding carboxylic acids is 1. The van der Waals surface area contributed by atoms with Crippen LogP contribution in [0.25, 0.3) is 6.08 Å². The molecule has 0 saturated heterocycles. The first-order valence-corrected chi connectivity index (χ1v) is 12.0. The van der Waals surface area contributed by atoms with Crippen LogP contribution in [0.4, 0.5) is 5.69 Å². The number of nitrogens with one attached hydrogen (secondary N) is 1. The fourth-order valence-corrected chi connectivity index (χ4v) is 4.01. The van der Waals surface area contributed by atoms with Crippen LogP contribution in [0, 0.1) is 18.3 Å². The van der Waals surface area contributed by atoms with E-state index in [4.69, 9.17) is 13.7 Å². The Morgan fingerprint density at radius 3 is 2.40 bits per heavy atom. The molecule has 0 saturated carbocycles. The lowest BCUT2D eigenvalue weighted by atomic mass is 10.1. The minimum atomic E-state index is -4.08. The Kier molecular flexibility index (Phi) is 8.12. The third-order valence-corrected chi connectivity index (χ3v) is 6.06. The predicted octanol–water partition coefficient (Wildman–Crippen LogP) is 4.72. The molecule has 0 fully saturated rings. The number of benzene rings is 3. The van der Waals surface area contributed by atoms with Gasteiger partial charge in [0.15, 0.2) is 11.5 Å². The first-order chi connectivity index (χ1) is 16.8. The molecule has 35 heavy (non-hydrogen) atoms. The van der Waals surface area contributed by atoms with Crippen LogP contribution in [0.5, 0.6) is 17.2 Å². The molecule has 0 bridgehead atoms. The number of anilines is 1. The Labute approximate surface area is 204 Å². The van der Waals surface area contributed by atoms with Crippen molar-refractivity contribution in [1.29, 1.82) is 5.26 Å². The molecule has 0 aliphatic carbocycles. The monoisotopic (exact) mass is 492 g/mol. The lowest BCUT2D eigenvalue weighted by Crippen LogP contribution is -2.14. The highest BCUT2D eigenvalue weighted by Gasteiger charge is 2.19. The molecular formula is C26H24N2O6S. The van der Waals surface area contributed by atoms with Crippen LogP contribution in [-0.2, 0) is 14.9 Å². The lowest BCUT2D eigenvalue weighted by Gasteiger charge is -2.12. The van der Waals surface area contributed by atoms with E-state index < -0.39 is 16.0 Å². The van der Waals surface area contributed by atoms with Gasteiger partial charge >= 0.3 is 10.1 Å². The van der Waals surface area contributed by atoms with Crippen LogP contribution in [0.3, 0.4) is 0 Å². The van der Waals surface area contributed by atoms with E-state index in [-0.39, 0.29) is 22.0 Å². The Bertz CT molecular complexity index is 1390. The second-order valence-corrected chi connectivity index (χ2v) is 8.86. The SMILES string of the molecule is CCOc1ccccc1NC(=O)/C(C#N)=C/c1ccc(OS(=O)(=O)c2ccc(C)cc2)c(OC)c1. The molecule has 9 heteroatoms. The minimum absolute atomic E-state index is 0.00453. The van der Waals surface area contributed by atoms with Gasteiger partial charge in [0.2, 0.25) is 0 Å². The first-order valence-electron chi connectivity index (χ1n) is 10.6. The summed E-state index contributed by atoms with van der Waals surface area (Å²) in [7, 11) is -2.73. The molecule has 0 spiro atoms.